The molecule has 3 aromatic rings. The summed E-state index contributed by atoms with van der Waals surface area (Å²) in [5.74, 6) is 2.08. The Morgan fingerprint density at radius 2 is 1.81 bits per heavy atom. The summed E-state index contributed by atoms with van der Waals surface area (Å²) in [4.78, 5) is 9.13. The first kappa shape index (κ1) is 25.8. The zero-order valence-corrected chi connectivity index (χ0v) is 22.0. The van der Waals surface area contributed by atoms with Crippen molar-refractivity contribution in [2.24, 2.45) is 4.36 Å². The van der Waals surface area contributed by atoms with Gasteiger partial charge in [0.05, 0.1) is 30.3 Å². The molecule has 0 amide bonds. The number of methoxy groups -OCH3 is 1. The molecule has 0 bridgehead atoms. The Morgan fingerprint density at radius 1 is 1.11 bits per heavy atom. The van der Waals surface area contributed by atoms with Crippen molar-refractivity contribution in [1.29, 1.82) is 0 Å². The number of hydrogen-bond donors (Lipinski definition) is 1. The minimum absolute atomic E-state index is 0.136. The van der Waals surface area contributed by atoms with E-state index in [1.807, 2.05) is 12.1 Å². The van der Waals surface area contributed by atoms with Crippen LogP contribution in [0.25, 0.3) is 10.9 Å². The van der Waals surface area contributed by atoms with Gasteiger partial charge in [-0.25, -0.2) is 31.7 Å². The molecule has 5 rings (SSSR count). The van der Waals surface area contributed by atoms with Crippen LogP contribution >= 0.6 is 0 Å². The van der Waals surface area contributed by atoms with Crippen LogP contribution in [-0.4, -0.2) is 38.8 Å². The zero-order valence-electron chi connectivity index (χ0n) is 21.1. The third-order valence-electron chi connectivity index (χ3n) is 7.17. The van der Waals surface area contributed by atoms with Crippen LogP contribution in [0.1, 0.15) is 73.5 Å². The molecule has 0 unspecified atom stereocenters. The fourth-order valence-corrected chi connectivity index (χ4v) is 7.49. The number of alkyl halides is 2. The molecule has 2 aliphatic rings. The lowest BCUT2D eigenvalue weighted by molar-refractivity contribution is 0.146. The summed E-state index contributed by atoms with van der Waals surface area (Å²) in [6.07, 6.45) is 0.681. The van der Waals surface area contributed by atoms with Crippen molar-refractivity contribution in [2.75, 3.05) is 23.9 Å². The fourth-order valence-electron chi connectivity index (χ4n) is 5.02. The van der Waals surface area contributed by atoms with Crippen LogP contribution in [0, 0.1) is 12.7 Å². The summed E-state index contributed by atoms with van der Waals surface area (Å²) >= 11 is 0. The summed E-state index contributed by atoms with van der Waals surface area (Å²) < 4.78 is 64.8. The predicted octanol–water partition coefficient (Wildman–Crippen LogP) is 6.70. The summed E-state index contributed by atoms with van der Waals surface area (Å²) in [5, 5.41) is 3.95. The number of ether oxygens (including phenoxy) is 1. The molecule has 6 nitrogen and oxygen atoms in total. The number of rotatable bonds is 7. The highest BCUT2D eigenvalue weighted by atomic mass is 32.2. The van der Waals surface area contributed by atoms with Crippen molar-refractivity contribution in [3.05, 3.63) is 58.7 Å². The highest BCUT2D eigenvalue weighted by Crippen LogP contribution is 2.40. The molecule has 198 valence electrons. The summed E-state index contributed by atoms with van der Waals surface area (Å²) in [5.41, 5.74) is 1.16. The van der Waals surface area contributed by atoms with Crippen LogP contribution in [0.3, 0.4) is 0 Å². The maximum atomic E-state index is 14.8. The Hall–Kier alpha value is -2.88. The van der Waals surface area contributed by atoms with Crippen LogP contribution in [0.15, 0.2) is 34.7 Å². The smallest absolute Gasteiger partial charge is 0.266 e. The van der Waals surface area contributed by atoms with Crippen molar-refractivity contribution in [1.82, 2.24) is 9.97 Å². The number of nitrogens with one attached hydrogen (secondary N) is 1. The minimum atomic E-state index is -2.90. The van der Waals surface area contributed by atoms with E-state index in [2.05, 4.69) is 19.6 Å². The number of fused-ring (bicyclic) bond motifs is 1. The first-order valence-corrected chi connectivity index (χ1v) is 14.4. The first-order chi connectivity index (χ1) is 17.7. The van der Waals surface area contributed by atoms with E-state index in [1.54, 1.807) is 21.0 Å². The Bertz CT molecular complexity index is 1440. The van der Waals surface area contributed by atoms with Gasteiger partial charge in [0.2, 0.25) is 0 Å². The molecule has 0 radical (unpaired) electrons. The van der Waals surface area contributed by atoms with E-state index in [0.29, 0.717) is 34.4 Å². The summed E-state index contributed by atoms with van der Waals surface area (Å²) in [6, 6.07) is 7.54. The molecule has 10 heteroatoms. The van der Waals surface area contributed by atoms with E-state index in [4.69, 9.17) is 4.74 Å². The van der Waals surface area contributed by atoms with Gasteiger partial charge in [-0.15, -0.1) is 0 Å². The van der Waals surface area contributed by atoms with Crippen LogP contribution in [0.5, 0.6) is 5.75 Å². The van der Waals surface area contributed by atoms with Crippen molar-refractivity contribution in [3.63, 3.8) is 0 Å². The highest BCUT2D eigenvalue weighted by molar-refractivity contribution is 7.93. The maximum Gasteiger partial charge on any atom is 0.266 e. The lowest BCUT2D eigenvalue weighted by Crippen LogP contribution is -2.23. The van der Waals surface area contributed by atoms with Crippen molar-refractivity contribution in [2.45, 2.75) is 64.0 Å². The normalized spacial score (nSPS) is 22.7. The molecule has 1 saturated heterocycles. The average molecular weight is 533 g/mol. The molecule has 1 aliphatic heterocycles. The second kappa shape index (κ2) is 10.1. The average Bonchev–Trinajstić information content (AvgIpc) is 3.67. The lowest BCUT2D eigenvalue weighted by Gasteiger charge is -2.27. The Kier molecular flexibility index (Phi) is 7.04. The van der Waals surface area contributed by atoms with Gasteiger partial charge in [0.15, 0.2) is 0 Å². The Balaban J connectivity index is 1.49. The zero-order chi connectivity index (χ0) is 26.3. The van der Waals surface area contributed by atoms with Gasteiger partial charge >= 0.3 is 0 Å². The number of halogens is 3. The first-order valence-electron chi connectivity index (χ1n) is 12.6. The van der Waals surface area contributed by atoms with Gasteiger partial charge < -0.3 is 10.1 Å². The molecule has 1 aromatic heterocycles. The number of benzene rings is 2. The minimum Gasteiger partial charge on any atom is -0.496 e. The van der Waals surface area contributed by atoms with Crippen LogP contribution in [0.2, 0.25) is 0 Å². The van der Waals surface area contributed by atoms with Crippen molar-refractivity contribution < 1.29 is 22.1 Å². The third kappa shape index (κ3) is 5.39. The SMILES string of the molecule is COc1cc2nc(C)nc(N[C@H](C)c3cccc(C(F)F)c3F)c2cc1C1CCS(=O)(=NC2CC2)CC1. The van der Waals surface area contributed by atoms with Gasteiger partial charge in [0.1, 0.15) is 23.2 Å². The molecule has 37 heavy (non-hydrogen) atoms. The van der Waals surface area contributed by atoms with E-state index < -0.39 is 33.6 Å². The highest BCUT2D eigenvalue weighted by Gasteiger charge is 2.30. The number of aromatic nitrogens is 2. The maximum absolute atomic E-state index is 14.8. The number of anilines is 1. The van der Waals surface area contributed by atoms with Crippen molar-refractivity contribution in [3.8, 4) is 5.75 Å². The molecule has 0 spiro atoms. The molecule has 1 N–H and O–H groups in total. The molecule has 1 aliphatic carbocycles. The number of nitrogens with zero attached hydrogens (tertiary/aromatic N) is 3. The van der Waals surface area contributed by atoms with E-state index in [9.17, 15) is 17.4 Å². The van der Waals surface area contributed by atoms with E-state index >= 15 is 0 Å². The standard InChI is InChI=1S/C27H31F3N4O2S/c1-15(19-5-4-6-20(25(19)28)26(29)30)31-27-22-13-21(24(36-3)14-23(22)32-16(2)33-27)17-9-11-37(35,12-10-17)34-18-7-8-18/h4-6,13-15,17-18,26H,7-12H2,1-3H3,(H,31,32,33)/t15-,17?,37?/m1/s1. The molecule has 2 fully saturated rings. The second-order valence-electron chi connectivity index (χ2n) is 9.94. The van der Waals surface area contributed by atoms with Crippen LogP contribution < -0.4 is 10.1 Å². The van der Waals surface area contributed by atoms with E-state index in [-0.39, 0.29) is 17.5 Å². The largest absolute Gasteiger partial charge is 0.496 e. The van der Waals surface area contributed by atoms with Crippen LogP contribution in [0.4, 0.5) is 19.0 Å². The molecule has 2 heterocycles. The van der Waals surface area contributed by atoms with E-state index in [0.717, 1.165) is 42.7 Å². The lowest BCUT2D eigenvalue weighted by atomic mass is 9.91. The van der Waals surface area contributed by atoms with Crippen molar-refractivity contribution >= 4 is 26.4 Å². The number of hydrogen-bond acceptors (Lipinski definition) is 6. The fraction of sp³-hybridized carbons (Fsp3) is 0.481. The molecule has 1 atom stereocenters. The molecule has 1 saturated carbocycles. The van der Waals surface area contributed by atoms with Gasteiger partial charge in [0, 0.05) is 38.3 Å². The van der Waals surface area contributed by atoms with Gasteiger partial charge in [0.25, 0.3) is 6.43 Å². The quantitative estimate of drug-likeness (QED) is 0.366. The molecule has 2 aromatic carbocycles. The van der Waals surface area contributed by atoms with Gasteiger partial charge in [-0.1, -0.05) is 18.2 Å². The molecular formula is C27H31F3N4O2S. The van der Waals surface area contributed by atoms with E-state index in [1.165, 1.54) is 12.1 Å². The third-order valence-corrected chi connectivity index (χ3v) is 9.60. The predicted molar refractivity (Wildman–Crippen MR) is 140 cm³/mol. The summed E-state index contributed by atoms with van der Waals surface area (Å²) in [6.45, 7) is 3.47. The van der Waals surface area contributed by atoms with Crippen LogP contribution in [-0.2, 0) is 9.73 Å². The number of aryl methyl sites for hydroxylation is 1. The summed E-state index contributed by atoms with van der Waals surface area (Å²) in [7, 11) is -0.528. The van der Waals surface area contributed by atoms with Gasteiger partial charge in [-0.2, -0.15) is 0 Å². The topological polar surface area (TPSA) is 76.5 Å². The molecular weight excluding hydrogens is 501 g/mol. The Labute approximate surface area is 215 Å². The second-order valence-corrected chi connectivity index (χ2v) is 12.5. The monoisotopic (exact) mass is 532 g/mol. The Morgan fingerprint density at radius 3 is 2.46 bits per heavy atom. The van der Waals surface area contributed by atoms with Gasteiger partial charge in [-0.3, -0.25) is 0 Å². The van der Waals surface area contributed by atoms with Gasteiger partial charge in [-0.05, 0) is 57.1 Å².